The SMILES string of the molecule is CN=C(NCC1CCN(S(C)(=O)=O)CC1)N1CCSC(C(C)C)C1. The first kappa shape index (κ1) is 19.8. The predicted molar refractivity (Wildman–Crippen MR) is 103 cm³/mol. The van der Waals surface area contributed by atoms with Gasteiger partial charge in [0.15, 0.2) is 5.96 Å². The van der Waals surface area contributed by atoms with E-state index in [1.54, 1.807) is 4.31 Å². The molecule has 2 heterocycles. The van der Waals surface area contributed by atoms with Crippen molar-refractivity contribution in [1.29, 1.82) is 0 Å². The first-order valence-corrected chi connectivity index (χ1v) is 11.7. The van der Waals surface area contributed by atoms with Gasteiger partial charge < -0.3 is 10.2 Å². The summed E-state index contributed by atoms with van der Waals surface area (Å²) in [6.07, 6.45) is 3.13. The van der Waals surface area contributed by atoms with Gasteiger partial charge >= 0.3 is 0 Å². The Balaban J connectivity index is 1.80. The molecule has 2 rings (SSSR count). The van der Waals surface area contributed by atoms with Crippen molar-refractivity contribution in [2.24, 2.45) is 16.8 Å². The van der Waals surface area contributed by atoms with Crippen molar-refractivity contribution in [3.63, 3.8) is 0 Å². The van der Waals surface area contributed by atoms with Crippen LogP contribution >= 0.6 is 11.8 Å². The van der Waals surface area contributed by atoms with Crippen LogP contribution in [0.5, 0.6) is 0 Å². The maximum absolute atomic E-state index is 11.6. The summed E-state index contributed by atoms with van der Waals surface area (Å²) in [7, 11) is -1.19. The maximum atomic E-state index is 11.6. The molecule has 140 valence electrons. The van der Waals surface area contributed by atoms with Gasteiger partial charge in [-0.3, -0.25) is 4.99 Å². The van der Waals surface area contributed by atoms with E-state index in [4.69, 9.17) is 0 Å². The summed E-state index contributed by atoms with van der Waals surface area (Å²) >= 11 is 2.06. The number of rotatable bonds is 4. The van der Waals surface area contributed by atoms with E-state index >= 15 is 0 Å². The van der Waals surface area contributed by atoms with Crippen LogP contribution < -0.4 is 5.32 Å². The molecule has 6 nitrogen and oxygen atoms in total. The Morgan fingerprint density at radius 1 is 1.29 bits per heavy atom. The number of guanidine groups is 1. The van der Waals surface area contributed by atoms with Crippen LogP contribution in [0.3, 0.4) is 0 Å². The predicted octanol–water partition coefficient (Wildman–Crippen LogP) is 1.31. The number of hydrogen-bond donors (Lipinski definition) is 1. The Hall–Kier alpha value is -0.470. The van der Waals surface area contributed by atoms with Crippen molar-refractivity contribution < 1.29 is 8.42 Å². The van der Waals surface area contributed by atoms with Crippen molar-refractivity contribution in [2.45, 2.75) is 31.9 Å². The van der Waals surface area contributed by atoms with Crippen LogP contribution in [0.2, 0.25) is 0 Å². The number of sulfonamides is 1. The van der Waals surface area contributed by atoms with Gasteiger partial charge in [-0.15, -0.1) is 0 Å². The van der Waals surface area contributed by atoms with Gasteiger partial charge in [0.25, 0.3) is 0 Å². The van der Waals surface area contributed by atoms with E-state index in [1.807, 2.05) is 7.05 Å². The monoisotopic (exact) mass is 376 g/mol. The molecule has 24 heavy (non-hydrogen) atoms. The largest absolute Gasteiger partial charge is 0.356 e. The third-order valence-corrected chi connectivity index (χ3v) is 7.78. The highest BCUT2D eigenvalue weighted by atomic mass is 32.2. The van der Waals surface area contributed by atoms with E-state index in [0.29, 0.717) is 30.2 Å². The number of nitrogens with zero attached hydrogens (tertiary/aromatic N) is 3. The van der Waals surface area contributed by atoms with Crippen LogP contribution in [0.1, 0.15) is 26.7 Å². The minimum atomic E-state index is -3.04. The normalized spacial score (nSPS) is 25.3. The fraction of sp³-hybridized carbons (Fsp3) is 0.938. The zero-order valence-corrected chi connectivity index (χ0v) is 17.0. The topological polar surface area (TPSA) is 65.0 Å². The van der Waals surface area contributed by atoms with E-state index in [2.05, 4.69) is 40.8 Å². The summed E-state index contributed by atoms with van der Waals surface area (Å²) in [5.74, 6) is 3.33. The smallest absolute Gasteiger partial charge is 0.211 e. The summed E-state index contributed by atoms with van der Waals surface area (Å²) in [5.41, 5.74) is 0. The lowest BCUT2D eigenvalue weighted by Gasteiger charge is -2.37. The number of thioether (sulfide) groups is 1. The molecule has 0 aromatic heterocycles. The molecule has 0 aliphatic carbocycles. The average molecular weight is 377 g/mol. The first-order chi connectivity index (χ1) is 11.3. The summed E-state index contributed by atoms with van der Waals surface area (Å²) < 4.78 is 24.8. The third kappa shape index (κ3) is 5.52. The average Bonchev–Trinajstić information content (AvgIpc) is 2.55. The highest BCUT2D eigenvalue weighted by Gasteiger charge is 2.27. The van der Waals surface area contributed by atoms with Crippen LogP contribution in [0.15, 0.2) is 4.99 Å². The van der Waals surface area contributed by atoms with Crippen LogP contribution in [-0.2, 0) is 10.0 Å². The summed E-state index contributed by atoms with van der Waals surface area (Å²) in [6, 6.07) is 0. The van der Waals surface area contributed by atoms with Gasteiger partial charge in [0, 0.05) is 50.8 Å². The molecule has 2 aliphatic rings. The van der Waals surface area contributed by atoms with Gasteiger partial charge in [0.05, 0.1) is 6.26 Å². The van der Waals surface area contributed by atoms with Gasteiger partial charge in [-0.2, -0.15) is 11.8 Å². The Kier molecular flexibility index (Phi) is 7.24. The number of piperidine rings is 1. The second-order valence-corrected chi connectivity index (χ2v) is 10.5. The fourth-order valence-electron chi connectivity index (χ4n) is 3.28. The van der Waals surface area contributed by atoms with Crippen LogP contribution in [-0.4, -0.2) is 80.6 Å². The van der Waals surface area contributed by atoms with Gasteiger partial charge in [-0.05, 0) is 24.7 Å². The number of hydrogen-bond acceptors (Lipinski definition) is 4. The number of nitrogens with one attached hydrogen (secondary N) is 1. The Labute approximate surface area is 151 Å². The quantitative estimate of drug-likeness (QED) is 0.592. The van der Waals surface area contributed by atoms with Gasteiger partial charge in [-0.25, -0.2) is 12.7 Å². The highest BCUT2D eigenvalue weighted by Crippen LogP contribution is 2.25. The zero-order valence-electron chi connectivity index (χ0n) is 15.4. The van der Waals surface area contributed by atoms with Crippen molar-refractivity contribution >= 4 is 27.7 Å². The van der Waals surface area contributed by atoms with Crippen LogP contribution in [0.25, 0.3) is 0 Å². The molecule has 1 unspecified atom stereocenters. The Morgan fingerprint density at radius 3 is 2.50 bits per heavy atom. The molecule has 2 fully saturated rings. The van der Waals surface area contributed by atoms with Crippen molar-refractivity contribution in [2.75, 3.05) is 51.8 Å². The van der Waals surface area contributed by atoms with Gasteiger partial charge in [0.2, 0.25) is 10.0 Å². The van der Waals surface area contributed by atoms with Crippen molar-refractivity contribution in [3.05, 3.63) is 0 Å². The molecule has 0 bridgehead atoms. The highest BCUT2D eigenvalue weighted by molar-refractivity contribution is 8.00. The molecule has 0 amide bonds. The molecule has 0 radical (unpaired) electrons. The summed E-state index contributed by atoms with van der Waals surface area (Å²) in [4.78, 5) is 6.83. The standard InChI is InChI=1S/C16H32N4O2S2/c1-13(2)15-12-19(9-10-23-15)16(17-3)18-11-14-5-7-20(8-6-14)24(4,21)22/h13-15H,5-12H2,1-4H3,(H,17,18). The Morgan fingerprint density at radius 2 is 1.96 bits per heavy atom. The lowest BCUT2D eigenvalue weighted by atomic mass is 9.98. The molecule has 2 saturated heterocycles. The molecule has 2 aliphatic heterocycles. The summed E-state index contributed by atoms with van der Waals surface area (Å²) in [5, 5.41) is 4.18. The fourth-order valence-corrected chi connectivity index (χ4v) is 5.46. The van der Waals surface area contributed by atoms with E-state index in [1.165, 1.54) is 6.26 Å². The number of aliphatic imine (C=N–C) groups is 1. The minimum Gasteiger partial charge on any atom is -0.356 e. The van der Waals surface area contributed by atoms with E-state index in [-0.39, 0.29) is 0 Å². The molecule has 8 heteroatoms. The van der Waals surface area contributed by atoms with Crippen LogP contribution in [0.4, 0.5) is 0 Å². The molecular weight excluding hydrogens is 344 g/mol. The van der Waals surface area contributed by atoms with Crippen molar-refractivity contribution in [3.8, 4) is 0 Å². The molecule has 0 saturated carbocycles. The molecule has 0 aromatic rings. The molecule has 1 N–H and O–H groups in total. The molecular formula is C16H32N4O2S2. The van der Waals surface area contributed by atoms with Gasteiger partial charge in [-0.1, -0.05) is 13.8 Å². The van der Waals surface area contributed by atoms with Crippen molar-refractivity contribution in [1.82, 2.24) is 14.5 Å². The lowest BCUT2D eigenvalue weighted by Crippen LogP contribution is -2.50. The zero-order chi connectivity index (χ0) is 17.7. The van der Waals surface area contributed by atoms with E-state index in [9.17, 15) is 8.42 Å². The lowest BCUT2D eigenvalue weighted by molar-refractivity contribution is 0.272. The van der Waals surface area contributed by atoms with E-state index in [0.717, 1.165) is 44.2 Å². The molecule has 1 atom stereocenters. The third-order valence-electron chi connectivity index (χ3n) is 4.94. The van der Waals surface area contributed by atoms with Crippen LogP contribution in [0, 0.1) is 11.8 Å². The molecule has 0 spiro atoms. The maximum Gasteiger partial charge on any atom is 0.211 e. The second-order valence-electron chi connectivity index (χ2n) is 7.13. The van der Waals surface area contributed by atoms with Gasteiger partial charge in [0.1, 0.15) is 0 Å². The Bertz CT molecular complexity index is 528. The summed E-state index contributed by atoms with van der Waals surface area (Å²) in [6.45, 7) is 8.81. The molecule has 0 aromatic carbocycles. The van der Waals surface area contributed by atoms with E-state index < -0.39 is 10.0 Å². The minimum absolute atomic E-state index is 0.514. The first-order valence-electron chi connectivity index (χ1n) is 8.83. The second kappa shape index (κ2) is 8.76.